The van der Waals surface area contributed by atoms with Crippen LogP contribution in [0.2, 0.25) is 0 Å². The van der Waals surface area contributed by atoms with E-state index in [1.165, 1.54) is 16.4 Å². The molecule has 3 heteroatoms. The van der Waals surface area contributed by atoms with Crippen LogP contribution in [0.1, 0.15) is 12.8 Å². The number of ether oxygens (including phenoxy) is 1. The number of hydrogen-bond acceptors (Lipinski definition) is 2. The average molecular weight is 289 g/mol. The van der Waals surface area contributed by atoms with Crippen molar-refractivity contribution in [1.82, 2.24) is 0 Å². The lowest BCUT2D eigenvalue weighted by Gasteiger charge is -2.10. The fraction of sp³-hybridized carbons (Fsp3) is 0.400. The first-order valence-corrected chi connectivity index (χ1v) is 5.51. The molecule has 0 unspecified atom stereocenters. The third-order valence-electron chi connectivity index (χ3n) is 2.03. The smallest absolute Gasteiger partial charge is 0.143 e. The number of rotatable bonds is 3. The van der Waals surface area contributed by atoms with E-state index in [4.69, 9.17) is 4.74 Å². The lowest BCUT2D eigenvalue weighted by Crippen LogP contribution is -2.00. The van der Waals surface area contributed by atoms with Gasteiger partial charge in [-0.05, 0) is 53.6 Å². The molecule has 2 nitrogen and oxygen atoms in total. The average Bonchev–Trinajstić information content (AvgIpc) is 2.89. The van der Waals surface area contributed by atoms with E-state index in [9.17, 15) is 0 Å². The zero-order valence-electron chi connectivity index (χ0n) is 7.51. The number of anilines is 1. The first kappa shape index (κ1) is 9.12. The van der Waals surface area contributed by atoms with Gasteiger partial charge < -0.3 is 10.1 Å². The van der Waals surface area contributed by atoms with Gasteiger partial charge in [0.25, 0.3) is 0 Å². The van der Waals surface area contributed by atoms with Gasteiger partial charge in [0, 0.05) is 10.6 Å². The van der Waals surface area contributed by atoms with Gasteiger partial charge in [-0.2, -0.15) is 0 Å². The summed E-state index contributed by atoms with van der Waals surface area (Å²) in [5.74, 6) is 0.983. The van der Waals surface area contributed by atoms with E-state index in [2.05, 4.69) is 46.1 Å². The van der Waals surface area contributed by atoms with Crippen LogP contribution in [0.4, 0.5) is 5.69 Å². The normalized spacial score (nSPS) is 15.5. The van der Waals surface area contributed by atoms with Crippen molar-refractivity contribution in [1.29, 1.82) is 0 Å². The van der Waals surface area contributed by atoms with Gasteiger partial charge in [-0.1, -0.05) is 0 Å². The Hall–Kier alpha value is -0.450. The molecule has 0 saturated heterocycles. The molecule has 0 spiro atoms. The van der Waals surface area contributed by atoms with Crippen LogP contribution in [-0.2, 0) is 0 Å². The van der Waals surface area contributed by atoms with Crippen LogP contribution in [0.25, 0.3) is 0 Å². The molecule has 1 saturated carbocycles. The van der Waals surface area contributed by atoms with Crippen LogP contribution in [0.15, 0.2) is 18.2 Å². The summed E-state index contributed by atoms with van der Waals surface area (Å²) in [4.78, 5) is 0. The largest absolute Gasteiger partial charge is 0.488 e. The Labute approximate surface area is 91.8 Å². The molecule has 1 fully saturated rings. The third kappa shape index (κ3) is 2.27. The summed E-state index contributed by atoms with van der Waals surface area (Å²) in [6.45, 7) is 0. The van der Waals surface area contributed by atoms with Crippen LogP contribution in [0.5, 0.6) is 5.75 Å². The van der Waals surface area contributed by atoms with E-state index in [1.807, 2.05) is 7.05 Å². The molecule has 1 N–H and O–H groups in total. The number of nitrogens with one attached hydrogen (secondary N) is 1. The van der Waals surface area contributed by atoms with E-state index in [-0.39, 0.29) is 0 Å². The van der Waals surface area contributed by atoms with Crippen molar-refractivity contribution >= 4 is 28.3 Å². The minimum atomic E-state index is 0.463. The summed E-state index contributed by atoms with van der Waals surface area (Å²) >= 11 is 2.30. The van der Waals surface area contributed by atoms with Gasteiger partial charge in [0.15, 0.2) is 0 Å². The van der Waals surface area contributed by atoms with Crippen LogP contribution in [0.3, 0.4) is 0 Å². The molecule has 0 amide bonds. The molecule has 1 aliphatic carbocycles. The van der Waals surface area contributed by atoms with Crippen molar-refractivity contribution in [2.75, 3.05) is 12.4 Å². The van der Waals surface area contributed by atoms with Crippen molar-refractivity contribution in [3.05, 3.63) is 21.8 Å². The molecular formula is C10H12INO. The molecule has 0 aliphatic heterocycles. The Morgan fingerprint density at radius 1 is 1.46 bits per heavy atom. The second-order valence-corrected chi connectivity index (χ2v) is 4.45. The minimum Gasteiger partial charge on any atom is -0.488 e. The first-order chi connectivity index (χ1) is 6.29. The van der Waals surface area contributed by atoms with Gasteiger partial charge in [-0.15, -0.1) is 0 Å². The lowest BCUT2D eigenvalue weighted by atomic mass is 10.3. The minimum absolute atomic E-state index is 0.463. The first-order valence-electron chi connectivity index (χ1n) is 4.43. The van der Waals surface area contributed by atoms with Crippen LogP contribution >= 0.6 is 22.6 Å². The van der Waals surface area contributed by atoms with Crippen molar-refractivity contribution in [2.45, 2.75) is 18.9 Å². The highest BCUT2D eigenvalue weighted by molar-refractivity contribution is 14.1. The van der Waals surface area contributed by atoms with E-state index in [0.717, 1.165) is 11.4 Å². The van der Waals surface area contributed by atoms with E-state index < -0.39 is 0 Å². The van der Waals surface area contributed by atoms with Crippen molar-refractivity contribution in [3.8, 4) is 5.75 Å². The van der Waals surface area contributed by atoms with Gasteiger partial charge in [0.1, 0.15) is 5.75 Å². The van der Waals surface area contributed by atoms with Gasteiger partial charge in [0.05, 0.1) is 11.8 Å². The van der Waals surface area contributed by atoms with Crippen molar-refractivity contribution in [3.63, 3.8) is 0 Å². The Balaban J connectivity index is 2.22. The topological polar surface area (TPSA) is 21.3 Å². The van der Waals surface area contributed by atoms with E-state index in [1.54, 1.807) is 0 Å². The highest BCUT2D eigenvalue weighted by Crippen LogP contribution is 2.32. The third-order valence-corrected chi connectivity index (χ3v) is 2.70. The van der Waals surface area contributed by atoms with E-state index in [0.29, 0.717) is 6.10 Å². The zero-order chi connectivity index (χ0) is 9.26. The molecule has 0 atom stereocenters. The van der Waals surface area contributed by atoms with Crippen molar-refractivity contribution < 1.29 is 4.74 Å². The number of benzene rings is 1. The van der Waals surface area contributed by atoms with Crippen LogP contribution < -0.4 is 10.1 Å². The Kier molecular flexibility index (Phi) is 2.62. The SMILES string of the molecule is CNc1ccc(I)cc1OC1CC1. The predicted octanol–water partition coefficient (Wildman–Crippen LogP) is 2.87. The number of halogens is 1. The van der Waals surface area contributed by atoms with E-state index >= 15 is 0 Å². The summed E-state index contributed by atoms with van der Waals surface area (Å²) in [5, 5.41) is 3.13. The molecule has 0 aromatic heterocycles. The molecule has 13 heavy (non-hydrogen) atoms. The molecule has 0 bridgehead atoms. The predicted molar refractivity (Wildman–Crippen MR) is 62.4 cm³/mol. The summed E-state index contributed by atoms with van der Waals surface area (Å²) in [6, 6.07) is 6.20. The second-order valence-electron chi connectivity index (χ2n) is 3.21. The fourth-order valence-electron chi connectivity index (χ4n) is 1.17. The molecule has 0 heterocycles. The number of hydrogen-bond donors (Lipinski definition) is 1. The Morgan fingerprint density at radius 2 is 2.23 bits per heavy atom. The highest BCUT2D eigenvalue weighted by Gasteiger charge is 2.24. The molecule has 2 rings (SSSR count). The van der Waals surface area contributed by atoms with Gasteiger partial charge >= 0.3 is 0 Å². The quantitative estimate of drug-likeness (QED) is 0.864. The molecule has 70 valence electrons. The Bertz CT molecular complexity index is 310. The standard InChI is InChI=1S/C10H12INO/c1-12-9-5-2-7(11)6-10(9)13-8-3-4-8/h2,5-6,8,12H,3-4H2,1H3. The maximum atomic E-state index is 5.76. The molecular weight excluding hydrogens is 277 g/mol. The van der Waals surface area contributed by atoms with Gasteiger partial charge in [-0.25, -0.2) is 0 Å². The summed E-state index contributed by atoms with van der Waals surface area (Å²) in [7, 11) is 1.92. The molecule has 0 radical (unpaired) electrons. The van der Waals surface area contributed by atoms with Crippen LogP contribution in [0, 0.1) is 3.57 Å². The Morgan fingerprint density at radius 3 is 2.85 bits per heavy atom. The van der Waals surface area contributed by atoms with Crippen LogP contribution in [-0.4, -0.2) is 13.2 Å². The molecule has 1 aliphatic rings. The summed E-state index contributed by atoms with van der Waals surface area (Å²) < 4.78 is 6.98. The summed E-state index contributed by atoms with van der Waals surface area (Å²) in [5.41, 5.74) is 1.08. The maximum absolute atomic E-state index is 5.76. The monoisotopic (exact) mass is 289 g/mol. The molecule has 1 aromatic carbocycles. The van der Waals surface area contributed by atoms with Gasteiger partial charge in [-0.3, -0.25) is 0 Å². The van der Waals surface area contributed by atoms with Crippen molar-refractivity contribution in [2.24, 2.45) is 0 Å². The van der Waals surface area contributed by atoms with Gasteiger partial charge in [0.2, 0.25) is 0 Å². The highest BCUT2D eigenvalue weighted by atomic mass is 127. The second kappa shape index (κ2) is 3.74. The summed E-state index contributed by atoms with van der Waals surface area (Å²) in [6.07, 6.45) is 2.87. The lowest BCUT2D eigenvalue weighted by molar-refractivity contribution is 0.304. The maximum Gasteiger partial charge on any atom is 0.143 e. The zero-order valence-corrected chi connectivity index (χ0v) is 9.67. The fourth-order valence-corrected chi connectivity index (χ4v) is 1.63. The molecule has 1 aromatic rings.